The number of rotatable bonds is 2. The number of hydrogen-bond acceptors (Lipinski definition) is 6. The van der Waals surface area contributed by atoms with Gasteiger partial charge in [-0.25, -0.2) is 14.2 Å². The van der Waals surface area contributed by atoms with Crippen LogP contribution in [0.4, 0.5) is 16.2 Å². The summed E-state index contributed by atoms with van der Waals surface area (Å²) in [6.45, 7) is 0. The number of methoxy groups -OCH3 is 1. The zero-order chi connectivity index (χ0) is 14.7. The number of esters is 1. The standard InChI is InChI=1S/C13H13FN4O2/c1-20-9(19)6-7-3-2-4-8(5-7)11-10(14)12(15)18-13(16)17-11/h2-4,6H,5H2,1H3,(H4,15,16,17,18). The third kappa shape index (κ3) is 2.82. The van der Waals surface area contributed by atoms with Crippen molar-refractivity contribution in [3.8, 4) is 0 Å². The van der Waals surface area contributed by atoms with Crippen molar-refractivity contribution in [3.63, 3.8) is 0 Å². The van der Waals surface area contributed by atoms with Crippen LogP contribution < -0.4 is 11.5 Å². The number of carbonyl (C=O) groups is 1. The van der Waals surface area contributed by atoms with E-state index in [4.69, 9.17) is 11.5 Å². The highest BCUT2D eigenvalue weighted by atomic mass is 19.1. The van der Waals surface area contributed by atoms with E-state index in [1.807, 2.05) is 0 Å². The fourth-order valence-electron chi connectivity index (χ4n) is 1.79. The topological polar surface area (TPSA) is 104 Å². The normalized spacial score (nSPS) is 16.1. The molecule has 20 heavy (non-hydrogen) atoms. The average Bonchev–Trinajstić information content (AvgIpc) is 2.43. The first kappa shape index (κ1) is 13.7. The van der Waals surface area contributed by atoms with Crippen molar-refractivity contribution in [1.29, 1.82) is 0 Å². The van der Waals surface area contributed by atoms with Gasteiger partial charge in [-0.2, -0.15) is 4.98 Å². The minimum atomic E-state index is -0.724. The molecule has 6 nitrogen and oxygen atoms in total. The second-order valence-electron chi connectivity index (χ2n) is 4.10. The van der Waals surface area contributed by atoms with Gasteiger partial charge in [-0.15, -0.1) is 0 Å². The number of halogens is 1. The molecule has 0 aromatic carbocycles. The number of nitrogen functional groups attached to an aromatic ring is 2. The first-order valence-corrected chi connectivity index (χ1v) is 5.76. The maximum absolute atomic E-state index is 13.9. The maximum atomic E-state index is 13.9. The third-order valence-electron chi connectivity index (χ3n) is 2.71. The van der Waals surface area contributed by atoms with E-state index in [9.17, 15) is 9.18 Å². The number of nitrogens with two attached hydrogens (primary N) is 2. The fourth-order valence-corrected chi connectivity index (χ4v) is 1.79. The molecule has 0 atom stereocenters. The van der Waals surface area contributed by atoms with E-state index in [-0.39, 0.29) is 17.5 Å². The lowest BCUT2D eigenvalue weighted by Crippen LogP contribution is -2.08. The molecule has 1 aliphatic carbocycles. The molecule has 0 saturated carbocycles. The predicted octanol–water partition coefficient (Wildman–Crippen LogP) is 1.22. The van der Waals surface area contributed by atoms with Crippen molar-refractivity contribution in [3.05, 3.63) is 41.4 Å². The lowest BCUT2D eigenvalue weighted by atomic mass is 9.96. The molecule has 1 aromatic heterocycles. The second kappa shape index (κ2) is 5.52. The maximum Gasteiger partial charge on any atom is 0.330 e. The van der Waals surface area contributed by atoms with Crippen LogP contribution in [0.3, 0.4) is 0 Å². The summed E-state index contributed by atoms with van der Waals surface area (Å²) in [5.74, 6) is -1.61. The van der Waals surface area contributed by atoms with Crippen molar-refractivity contribution in [1.82, 2.24) is 9.97 Å². The average molecular weight is 276 g/mol. The molecule has 0 radical (unpaired) electrons. The van der Waals surface area contributed by atoms with Crippen molar-refractivity contribution in [2.24, 2.45) is 0 Å². The lowest BCUT2D eigenvalue weighted by molar-refractivity contribution is -0.134. The number of anilines is 2. The van der Waals surface area contributed by atoms with Gasteiger partial charge in [0.05, 0.1) is 7.11 Å². The van der Waals surface area contributed by atoms with E-state index in [1.165, 1.54) is 13.2 Å². The van der Waals surface area contributed by atoms with Gasteiger partial charge in [0.2, 0.25) is 5.95 Å². The lowest BCUT2D eigenvalue weighted by Gasteiger charge is -2.13. The number of nitrogens with zero attached hydrogens (tertiary/aromatic N) is 2. The highest BCUT2D eigenvalue weighted by Gasteiger charge is 2.17. The van der Waals surface area contributed by atoms with Crippen molar-refractivity contribution < 1.29 is 13.9 Å². The van der Waals surface area contributed by atoms with Gasteiger partial charge in [0.15, 0.2) is 11.6 Å². The molecular formula is C13H13FN4O2. The minimum absolute atomic E-state index is 0.0371. The second-order valence-corrected chi connectivity index (χ2v) is 4.10. The smallest absolute Gasteiger partial charge is 0.330 e. The summed E-state index contributed by atoms with van der Waals surface area (Å²) in [7, 11) is 1.29. The Bertz CT molecular complexity index is 650. The van der Waals surface area contributed by atoms with Gasteiger partial charge in [-0.1, -0.05) is 18.2 Å². The number of ether oxygens (including phenoxy) is 1. The Balaban J connectivity index is 2.36. The zero-order valence-corrected chi connectivity index (χ0v) is 10.8. The number of allylic oxidation sites excluding steroid dienone is 5. The van der Waals surface area contributed by atoms with Gasteiger partial charge in [-0.3, -0.25) is 0 Å². The summed E-state index contributed by atoms with van der Waals surface area (Å²) in [5, 5.41) is 0. The molecule has 0 bridgehead atoms. The third-order valence-corrected chi connectivity index (χ3v) is 2.71. The minimum Gasteiger partial charge on any atom is -0.466 e. The molecule has 0 amide bonds. The number of aromatic nitrogens is 2. The molecule has 1 heterocycles. The molecule has 0 saturated heterocycles. The SMILES string of the molecule is COC(=O)C=C1C=CC=C(c2nc(N)nc(N)c2F)C1. The monoisotopic (exact) mass is 276 g/mol. The van der Waals surface area contributed by atoms with Gasteiger partial charge in [0.25, 0.3) is 0 Å². The van der Waals surface area contributed by atoms with E-state index in [2.05, 4.69) is 14.7 Å². The molecule has 0 spiro atoms. The van der Waals surface area contributed by atoms with E-state index < -0.39 is 11.8 Å². The Morgan fingerprint density at radius 2 is 2.20 bits per heavy atom. The quantitative estimate of drug-likeness (QED) is 0.621. The Morgan fingerprint density at radius 1 is 1.45 bits per heavy atom. The van der Waals surface area contributed by atoms with Crippen LogP contribution in [-0.4, -0.2) is 23.0 Å². The van der Waals surface area contributed by atoms with Crippen molar-refractivity contribution in [2.45, 2.75) is 6.42 Å². The molecule has 1 aromatic rings. The largest absolute Gasteiger partial charge is 0.466 e. The van der Waals surface area contributed by atoms with E-state index in [1.54, 1.807) is 18.2 Å². The number of hydrogen-bond donors (Lipinski definition) is 2. The van der Waals surface area contributed by atoms with Crippen LogP contribution in [0.1, 0.15) is 12.1 Å². The molecule has 7 heteroatoms. The summed E-state index contributed by atoms with van der Waals surface area (Å²) >= 11 is 0. The molecule has 2 rings (SSSR count). The van der Waals surface area contributed by atoms with Crippen LogP contribution in [0.5, 0.6) is 0 Å². The Morgan fingerprint density at radius 3 is 2.90 bits per heavy atom. The van der Waals surface area contributed by atoms with Crippen LogP contribution in [0, 0.1) is 5.82 Å². The summed E-state index contributed by atoms with van der Waals surface area (Å²) in [4.78, 5) is 18.6. The Hall–Kier alpha value is -2.70. The zero-order valence-electron chi connectivity index (χ0n) is 10.8. The summed E-state index contributed by atoms with van der Waals surface area (Å²) in [6.07, 6.45) is 6.74. The Kier molecular flexibility index (Phi) is 3.79. The van der Waals surface area contributed by atoms with Crippen LogP contribution in [0.2, 0.25) is 0 Å². The molecule has 1 aliphatic rings. The molecule has 0 aliphatic heterocycles. The van der Waals surface area contributed by atoms with Crippen LogP contribution >= 0.6 is 0 Å². The van der Waals surface area contributed by atoms with Gasteiger partial charge in [-0.05, 0) is 17.6 Å². The molecule has 4 N–H and O–H groups in total. The summed E-state index contributed by atoms with van der Waals surface area (Å²) in [5.41, 5.74) is 12.2. The van der Waals surface area contributed by atoms with Gasteiger partial charge >= 0.3 is 5.97 Å². The number of carbonyl (C=O) groups excluding carboxylic acids is 1. The highest BCUT2D eigenvalue weighted by Crippen LogP contribution is 2.29. The fraction of sp³-hybridized carbons (Fsp3) is 0.154. The van der Waals surface area contributed by atoms with Gasteiger partial charge in [0, 0.05) is 6.08 Å². The van der Waals surface area contributed by atoms with E-state index in [0.717, 1.165) is 0 Å². The first-order chi connectivity index (χ1) is 9.51. The molecule has 0 unspecified atom stereocenters. The van der Waals surface area contributed by atoms with E-state index >= 15 is 0 Å². The van der Waals surface area contributed by atoms with Crippen molar-refractivity contribution >= 4 is 23.3 Å². The van der Waals surface area contributed by atoms with Crippen LogP contribution in [0.25, 0.3) is 5.57 Å². The summed E-state index contributed by atoms with van der Waals surface area (Å²) in [6, 6.07) is 0. The highest BCUT2D eigenvalue weighted by molar-refractivity contribution is 5.85. The van der Waals surface area contributed by atoms with Gasteiger partial charge in [0.1, 0.15) is 5.69 Å². The molecule has 0 fully saturated rings. The molecular weight excluding hydrogens is 263 g/mol. The molecule has 104 valence electrons. The van der Waals surface area contributed by atoms with Crippen LogP contribution in [-0.2, 0) is 9.53 Å². The van der Waals surface area contributed by atoms with Crippen molar-refractivity contribution in [2.75, 3.05) is 18.6 Å². The summed E-state index contributed by atoms with van der Waals surface area (Å²) < 4.78 is 18.5. The Labute approximate surface area is 114 Å². The predicted molar refractivity (Wildman–Crippen MR) is 72.6 cm³/mol. The van der Waals surface area contributed by atoms with Gasteiger partial charge < -0.3 is 16.2 Å². The van der Waals surface area contributed by atoms with E-state index in [0.29, 0.717) is 17.6 Å². The van der Waals surface area contributed by atoms with Crippen LogP contribution in [0.15, 0.2) is 29.9 Å². The first-order valence-electron chi connectivity index (χ1n) is 5.76.